The number of nitrogens with zero attached hydrogens (tertiary/aromatic N) is 1. The molecule has 0 amide bonds. The summed E-state index contributed by atoms with van der Waals surface area (Å²) in [6.45, 7) is 1.36. The Kier molecular flexibility index (Phi) is 6.81. The van der Waals surface area contributed by atoms with Gasteiger partial charge in [-0.3, -0.25) is 9.79 Å². The summed E-state index contributed by atoms with van der Waals surface area (Å²) in [5.74, 6) is -5.49. The van der Waals surface area contributed by atoms with Crippen molar-refractivity contribution in [3.63, 3.8) is 0 Å². The number of methoxy groups -OCH3 is 3. The number of halogens is 3. The molecule has 0 bridgehead atoms. The van der Waals surface area contributed by atoms with Gasteiger partial charge in [-0.2, -0.15) is 13.2 Å². The summed E-state index contributed by atoms with van der Waals surface area (Å²) in [7, 11) is 3.54. The fourth-order valence-electron chi connectivity index (χ4n) is 3.41. The number of carbonyl (C=O) groups excluding carboxylic acids is 1. The number of carbonyl (C=O) groups is 2. The molecule has 2 unspecified atom stereocenters. The van der Waals surface area contributed by atoms with Gasteiger partial charge < -0.3 is 19.3 Å². The quantitative estimate of drug-likeness (QED) is 0.567. The zero-order chi connectivity index (χ0) is 21.9. The lowest BCUT2D eigenvalue weighted by Gasteiger charge is -2.33. The van der Waals surface area contributed by atoms with Gasteiger partial charge in [0.05, 0.1) is 18.2 Å². The molecule has 0 fully saturated rings. The highest BCUT2D eigenvalue weighted by Gasteiger charge is 2.47. The molecule has 1 aromatic rings. The summed E-state index contributed by atoms with van der Waals surface area (Å²) >= 11 is 0. The van der Waals surface area contributed by atoms with Crippen LogP contribution in [-0.4, -0.2) is 50.4 Å². The topological polar surface area (TPSA) is 94.4 Å². The van der Waals surface area contributed by atoms with Gasteiger partial charge in [-0.15, -0.1) is 0 Å². The third kappa shape index (κ3) is 4.33. The Labute approximate surface area is 164 Å². The number of benzene rings is 1. The van der Waals surface area contributed by atoms with Crippen molar-refractivity contribution in [2.75, 3.05) is 21.3 Å². The van der Waals surface area contributed by atoms with Crippen molar-refractivity contribution in [1.82, 2.24) is 0 Å². The number of hydrogen-bond donors (Lipinski definition) is 1. The van der Waals surface area contributed by atoms with E-state index in [2.05, 4.69) is 4.99 Å². The highest BCUT2D eigenvalue weighted by molar-refractivity contribution is 6.06. The number of carboxylic acids is 1. The number of rotatable bonds is 6. The van der Waals surface area contributed by atoms with Gasteiger partial charge in [0.15, 0.2) is 0 Å². The fourth-order valence-corrected chi connectivity index (χ4v) is 3.41. The van der Waals surface area contributed by atoms with E-state index in [1.807, 2.05) is 0 Å². The third-order valence-corrected chi connectivity index (χ3v) is 4.59. The van der Waals surface area contributed by atoms with E-state index in [-0.39, 0.29) is 22.5 Å². The van der Waals surface area contributed by atoms with Crippen LogP contribution in [0.5, 0.6) is 0 Å². The lowest BCUT2D eigenvalue weighted by Crippen LogP contribution is -2.38. The Bertz CT molecular complexity index is 858. The summed E-state index contributed by atoms with van der Waals surface area (Å²) in [6.07, 6.45) is -5.99. The first kappa shape index (κ1) is 22.6. The van der Waals surface area contributed by atoms with Gasteiger partial charge in [0.2, 0.25) is 6.29 Å². The Hall–Kier alpha value is -2.72. The molecular weight excluding hydrogens is 395 g/mol. The molecule has 7 nitrogen and oxygen atoms in total. The van der Waals surface area contributed by atoms with Crippen LogP contribution in [0.2, 0.25) is 0 Å². The molecule has 1 aliphatic rings. The zero-order valence-electron chi connectivity index (χ0n) is 16.1. The average Bonchev–Trinajstić information content (AvgIpc) is 2.66. The van der Waals surface area contributed by atoms with Crippen LogP contribution in [0, 0.1) is 5.92 Å². The monoisotopic (exact) mass is 415 g/mol. The van der Waals surface area contributed by atoms with E-state index >= 15 is 0 Å². The van der Waals surface area contributed by atoms with Gasteiger partial charge in [0.25, 0.3) is 0 Å². The average molecular weight is 415 g/mol. The van der Waals surface area contributed by atoms with Gasteiger partial charge >= 0.3 is 18.1 Å². The second kappa shape index (κ2) is 8.75. The minimum atomic E-state index is -4.77. The summed E-state index contributed by atoms with van der Waals surface area (Å²) < 4.78 is 56.0. The van der Waals surface area contributed by atoms with Crippen molar-refractivity contribution in [3.8, 4) is 0 Å². The summed E-state index contributed by atoms with van der Waals surface area (Å²) in [5, 5.41) is 9.75. The maximum absolute atomic E-state index is 13.7. The van der Waals surface area contributed by atoms with Gasteiger partial charge in [-0.05, 0) is 18.6 Å². The molecule has 1 aromatic carbocycles. The molecule has 158 valence electrons. The van der Waals surface area contributed by atoms with Crippen LogP contribution in [0.15, 0.2) is 40.5 Å². The third-order valence-electron chi connectivity index (χ3n) is 4.59. The number of hydrogen-bond acceptors (Lipinski definition) is 6. The number of aliphatic imine (C=N–C) groups is 1. The molecule has 0 aromatic heterocycles. The largest absolute Gasteiger partial charge is 0.481 e. The molecule has 2 atom stereocenters. The molecule has 10 heteroatoms. The van der Waals surface area contributed by atoms with Crippen LogP contribution in [-0.2, 0) is 30.0 Å². The number of aliphatic carboxylic acids is 1. The summed E-state index contributed by atoms with van der Waals surface area (Å²) in [4.78, 5) is 28.7. The minimum Gasteiger partial charge on any atom is -0.481 e. The van der Waals surface area contributed by atoms with Crippen LogP contribution < -0.4 is 0 Å². The first-order valence-corrected chi connectivity index (χ1v) is 8.40. The number of alkyl halides is 3. The molecule has 0 aliphatic carbocycles. The first-order valence-electron chi connectivity index (χ1n) is 8.40. The standard InChI is InChI=1S/C19H20F3NO6/c1-9-12(16(24)25)13(10-7-5-6-8-11(10)19(20,21)22)14(17(26)27-2)15(23-9)18(28-3)29-4/h5-8,12-13,18H,1-4H3,(H,24,25). The fraction of sp³-hybridized carbons (Fsp3) is 0.421. The highest BCUT2D eigenvalue weighted by Crippen LogP contribution is 2.45. The Morgan fingerprint density at radius 1 is 1.14 bits per heavy atom. The van der Waals surface area contributed by atoms with E-state index < -0.39 is 41.8 Å². The van der Waals surface area contributed by atoms with Crippen molar-refractivity contribution in [3.05, 3.63) is 46.7 Å². The predicted octanol–water partition coefficient (Wildman–Crippen LogP) is 3.01. The number of esters is 1. The minimum absolute atomic E-state index is 0.00114. The van der Waals surface area contributed by atoms with Gasteiger partial charge in [0, 0.05) is 25.8 Å². The first-order chi connectivity index (χ1) is 13.6. The maximum atomic E-state index is 13.7. The molecule has 1 heterocycles. The Morgan fingerprint density at radius 3 is 2.21 bits per heavy atom. The Morgan fingerprint density at radius 2 is 1.72 bits per heavy atom. The van der Waals surface area contributed by atoms with E-state index in [9.17, 15) is 27.9 Å². The van der Waals surface area contributed by atoms with Gasteiger partial charge in [0.1, 0.15) is 11.6 Å². The second-order valence-electron chi connectivity index (χ2n) is 6.23. The smallest absolute Gasteiger partial charge is 0.416 e. The van der Waals surface area contributed by atoms with Gasteiger partial charge in [-0.1, -0.05) is 18.2 Å². The number of carboxylic acid groups (broad SMARTS) is 1. The molecule has 0 saturated heterocycles. The summed E-state index contributed by atoms with van der Waals surface area (Å²) in [5.41, 5.74) is -1.94. The van der Waals surface area contributed by atoms with Crippen molar-refractivity contribution in [1.29, 1.82) is 0 Å². The Balaban J connectivity index is 2.91. The second-order valence-corrected chi connectivity index (χ2v) is 6.23. The molecule has 29 heavy (non-hydrogen) atoms. The normalized spacial score (nSPS) is 19.9. The van der Waals surface area contributed by atoms with E-state index in [0.717, 1.165) is 19.2 Å². The van der Waals surface area contributed by atoms with Crippen molar-refractivity contribution in [2.24, 2.45) is 10.9 Å². The SMILES string of the molecule is COC(=O)C1=C(C(OC)OC)N=C(C)C(C(=O)O)C1c1ccccc1C(F)(F)F. The molecule has 0 radical (unpaired) electrons. The van der Waals surface area contributed by atoms with Crippen molar-refractivity contribution in [2.45, 2.75) is 25.3 Å². The number of ether oxygens (including phenoxy) is 3. The van der Waals surface area contributed by atoms with Gasteiger partial charge in [-0.25, -0.2) is 4.79 Å². The lowest BCUT2D eigenvalue weighted by molar-refractivity contribution is -0.143. The van der Waals surface area contributed by atoms with E-state index in [0.29, 0.717) is 0 Å². The predicted molar refractivity (Wildman–Crippen MR) is 95.3 cm³/mol. The molecule has 0 spiro atoms. The summed E-state index contributed by atoms with van der Waals surface area (Å²) in [6, 6.07) is 4.48. The highest BCUT2D eigenvalue weighted by atomic mass is 19.4. The molecular formula is C19H20F3NO6. The molecule has 2 rings (SSSR count). The van der Waals surface area contributed by atoms with Crippen molar-refractivity contribution < 1.29 is 42.1 Å². The van der Waals surface area contributed by atoms with Crippen LogP contribution in [0.1, 0.15) is 24.0 Å². The van der Waals surface area contributed by atoms with Crippen LogP contribution in [0.4, 0.5) is 13.2 Å². The molecule has 1 aliphatic heterocycles. The molecule has 1 N–H and O–H groups in total. The van der Waals surface area contributed by atoms with E-state index in [4.69, 9.17) is 14.2 Å². The molecule has 0 saturated carbocycles. The van der Waals surface area contributed by atoms with Crippen LogP contribution >= 0.6 is 0 Å². The van der Waals surface area contributed by atoms with Crippen LogP contribution in [0.3, 0.4) is 0 Å². The van der Waals surface area contributed by atoms with Crippen molar-refractivity contribution >= 4 is 17.7 Å². The van der Waals surface area contributed by atoms with E-state index in [1.54, 1.807) is 0 Å². The zero-order valence-corrected chi connectivity index (χ0v) is 16.1. The van der Waals surface area contributed by atoms with Crippen LogP contribution in [0.25, 0.3) is 0 Å². The lowest BCUT2D eigenvalue weighted by atomic mass is 9.74. The van der Waals surface area contributed by atoms with E-state index in [1.165, 1.54) is 33.3 Å². The maximum Gasteiger partial charge on any atom is 0.416 e.